The lowest BCUT2D eigenvalue weighted by Gasteiger charge is -2.37. The molecular weight excluding hydrogens is 562 g/mol. The van der Waals surface area contributed by atoms with E-state index in [1.54, 1.807) is 29.3 Å². The molecule has 12 nitrogen and oxygen atoms in total. The molecule has 2 saturated heterocycles. The fourth-order valence-corrected chi connectivity index (χ4v) is 5.50. The quantitative estimate of drug-likeness (QED) is 0.353. The summed E-state index contributed by atoms with van der Waals surface area (Å²) in [6.07, 6.45) is 2.77. The number of nitrogens with one attached hydrogen (secondary N) is 4. The van der Waals surface area contributed by atoms with Crippen LogP contribution in [0.1, 0.15) is 22.3 Å². The number of halogens is 2. The average molecular weight is 595 g/mol. The van der Waals surface area contributed by atoms with Crippen LogP contribution in [0.2, 0.25) is 0 Å². The van der Waals surface area contributed by atoms with Crippen LogP contribution in [0.15, 0.2) is 47.5 Å². The van der Waals surface area contributed by atoms with Crippen molar-refractivity contribution in [2.45, 2.75) is 19.3 Å². The number of pyridine rings is 2. The molecule has 0 unspecified atom stereocenters. The summed E-state index contributed by atoms with van der Waals surface area (Å²) < 4.78 is 32.6. The number of amides is 3. The van der Waals surface area contributed by atoms with Gasteiger partial charge in [-0.15, -0.1) is 0 Å². The number of alkyl halides is 2. The molecular formula is C29H32F2N8O4. The number of anilines is 5. The maximum atomic E-state index is 13.5. The predicted molar refractivity (Wildman–Crippen MR) is 158 cm³/mol. The van der Waals surface area contributed by atoms with Gasteiger partial charge in [-0.1, -0.05) is 0 Å². The van der Waals surface area contributed by atoms with Crippen molar-refractivity contribution < 1.29 is 23.1 Å². The van der Waals surface area contributed by atoms with Crippen molar-refractivity contribution in [1.29, 1.82) is 0 Å². The van der Waals surface area contributed by atoms with Crippen LogP contribution >= 0.6 is 0 Å². The first-order valence-electron chi connectivity index (χ1n) is 14.1. The monoisotopic (exact) mass is 594 g/mol. The minimum Gasteiger partial charge on any atom is -0.474 e. The Bertz CT molecular complexity index is 1590. The van der Waals surface area contributed by atoms with Crippen LogP contribution in [-0.2, 0) is 0 Å². The number of rotatable bonds is 5. The SMILES string of the molecule is Cc1c(Nc2cc[nH]c(=O)c2C(=O)Nc2ccc(N3CCN(C(=O)N4CCC(F)(F)C4)CC3)cc2)cnc2c1NCCO2. The minimum atomic E-state index is -2.81. The summed E-state index contributed by atoms with van der Waals surface area (Å²) in [6.45, 7) is 4.56. The Labute approximate surface area is 246 Å². The Balaban J connectivity index is 1.09. The van der Waals surface area contributed by atoms with Crippen LogP contribution in [0.5, 0.6) is 5.88 Å². The number of benzene rings is 1. The van der Waals surface area contributed by atoms with Crippen LogP contribution in [0.4, 0.5) is 42.0 Å². The highest BCUT2D eigenvalue weighted by Crippen LogP contribution is 2.34. The second kappa shape index (κ2) is 11.4. The first-order chi connectivity index (χ1) is 20.7. The Morgan fingerprint density at radius 3 is 2.51 bits per heavy atom. The Morgan fingerprint density at radius 1 is 1.02 bits per heavy atom. The van der Waals surface area contributed by atoms with Crippen molar-refractivity contribution in [2.75, 3.05) is 73.3 Å². The topological polar surface area (TPSA) is 135 Å². The fraction of sp³-hybridized carbons (Fsp3) is 0.379. The number of carbonyl (C=O) groups is 2. The fourth-order valence-electron chi connectivity index (χ4n) is 5.50. The number of aromatic amines is 1. The van der Waals surface area contributed by atoms with Crippen molar-refractivity contribution in [3.05, 3.63) is 64.2 Å². The van der Waals surface area contributed by atoms with Crippen molar-refractivity contribution in [1.82, 2.24) is 19.8 Å². The molecule has 0 atom stereocenters. The lowest BCUT2D eigenvalue weighted by Crippen LogP contribution is -2.52. The van der Waals surface area contributed by atoms with Gasteiger partial charge in [0.1, 0.15) is 17.9 Å². The molecule has 0 spiro atoms. The normalized spacial score (nSPS) is 17.5. The van der Waals surface area contributed by atoms with Crippen LogP contribution in [0.25, 0.3) is 0 Å². The smallest absolute Gasteiger partial charge is 0.320 e. The molecule has 14 heteroatoms. The molecule has 0 bridgehead atoms. The van der Waals surface area contributed by atoms with Gasteiger partial charge in [-0.25, -0.2) is 18.6 Å². The Kier molecular flexibility index (Phi) is 7.50. The summed E-state index contributed by atoms with van der Waals surface area (Å²) in [5, 5.41) is 9.23. The molecule has 2 aromatic heterocycles. The van der Waals surface area contributed by atoms with Crippen LogP contribution in [0.3, 0.4) is 0 Å². The first-order valence-corrected chi connectivity index (χ1v) is 14.1. The highest BCUT2D eigenvalue weighted by atomic mass is 19.3. The van der Waals surface area contributed by atoms with Crippen molar-refractivity contribution in [2.24, 2.45) is 0 Å². The van der Waals surface area contributed by atoms with E-state index in [9.17, 15) is 23.2 Å². The zero-order valence-corrected chi connectivity index (χ0v) is 23.6. The van der Waals surface area contributed by atoms with Gasteiger partial charge in [-0.2, -0.15) is 0 Å². The summed E-state index contributed by atoms with van der Waals surface area (Å²) in [4.78, 5) is 50.5. The summed E-state index contributed by atoms with van der Waals surface area (Å²) in [7, 11) is 0. The van der Waals surface area contributed by atoms with E-state index < -0.39 is 23.9 Å². The number of piperazine rings is 1. The van der Waals surface area contributed by atoms with E-state index in [1.807, 2.05) is 19.1 Å². The number of H-pyrrole nitrogens is 1. The number of nitrogens with zero attached hydrogens (tertiary/aromatic N) is 4. The van der Waals surface area contributed by atoms with Gasteiger partial charge in [0.25, 0.3) is 17.4 Å². The van der Waals surface area contributed by atoms with Gasteiger partial charge in [0.15, 0.2) is 0 Å². The van der Waals surface area contributed by atoms with E-state index in [2.05, 4.69) is 30.8 Å². The second-order valence-electron chi connectivity index (χ2n) is 10.8. The third-order valence-corrected chi connectivity index (χ3v) is 7.88. The number of hydrogen-bond donors (Lipinski definition) is 4. The van der Waals surface area contributed by atoms with E-state index in [0.717, 1.165) is 16.9 Å². The third kappa shape index (κ3) is 5.90. The van der Waals surface area contributed by atoms with E-state index in [1.165, 1.54) is 11.1 Å². The van der Waals surface area contributed by atoms with Crippen molar-refractivity contribution >= 4 is 40.4 Å². The molecule has 4 N–H and O–H groups in total. The van der Waals surface area contributed by atoms with E-state index in [0.29, 0.717) is 62.3 Å². The molecule has 3 aliphatic rings. The van der Waals surface area contributed by atoms with Crippen molar-refractivity contribution in [3.63, 3.8) is 0 Å². The van der Waals surface area contributed by atoms with Gasteiger partial charge in [0, 0.05) is 68.8 Å². The number of ether oxygens (including phenoxy) is 1. The number of likely N-dealkylation sites (tertiary alicyclic amines) is 1. The van der Waals surface area contributed by atoms with Gasteiger partial charge in [0.2, 0.25) is 5.88 Å². The summed E-state index contributed by atoms with van der Waals surface area (Å²) in [5.74, 6) is -2.89. The number of fused-ring (bicyclic) bond motifs is 1. The van der Waals surface area contributed by atoms with E-state index in [-0.39, 0.29) is 24.6 Å². The molecule has 3 aliphatic heterocycles. The number of urea groups is 1. The second-order valence-corrected chi connectivity index (χ2v) is 10.8. The molecule has 0 aliphatic carbocycles. The van der Waals surface area contributed by atoms with Gasteiger partial charge in [-0.05, 0) is 37.3 Å². The summed E-state index contributed by atoms with van der Waals surface area (Å²) in [5.41, 5.74) is 3.32. The van der Waals surface area contributed by atoms with Gasteiger partial charge in [-0.3, -0.25) is 9.59 Å². The summed E-state index contributed by atoms with van der Waals surface area (Å²) in [6, 6.07) is 8.44. The lowest BCUT2D eigenvalue weighted by molar-refractivity contribution is 0.0137. The number of hydrogen-bond acceptors (Lipinski definition) is 8. The molecule has 43 heavy (non-hydrogen) atoms. The zero-order chi connectivity index (χ0) is 30.1. The average Bonchev–Trinajstić information content (AvgIpc) is 3.38. The molecule has 6 rings (SSSR count). The van der Waals surface area contributed by atoms with E-state index in [4.69, 9.17) is 4.74 Å². The van der Waals surface area contributed by atoms with Crippen LogP contribution in [0, 0.1) is 6.92 Å². The zero-order valence-electron chi connectivity index (χ0n) is 23.6. The highest BCUT2D eigenvalue weighted by molar-refractivity contribution is 6.08. The number of carbonyl (C=O) groups excluding carboxylic acids is 2. The van der Waals surface area contributed by atoms with Crippen LogP contribution < -0.4 is 31.1 Å². The predicted octanol–water partition coefficient (Wildman–Crippen LogP) is 3.46. The molecule has 0 radical (unpaired) electrons. The van der Waals surface area contributed by atoms with Gasteiger partial charge >= 0.3 is 6.03 Å². The molecule has 5 heterocycles. The van der Waals surface area contributed by atoms with Gasteiger partial charge in [0.05, 0.1) is 24.1 Å². The molecule has 3 aromatic rings. The lowest BCUT2D eigenvalue weighted by atomic mass is 10.1. The maximum Gasteiger partial charge on any atom is 0.320 e. The molecule has 0 saturated carbocycles. The first kappa shape index (κ1) is 28.2. The largest absolute Gasteiger partial charge is 0.474 e. The Morgan fingerprint density at radius 2 is 1.79 bits per heavy atom. The Hall–Kier alpha value is -4.88. The molecule has 1 aromatic carbocycles. The minimum absolute atomic E-state index is 0.0728. The third-order valence-electron chi connectivity index (χ3n) is 7.88. The van der Waals surface area contributed by atoms with Crippen molar-refractivity contribution in [3.8, 4) is 5.88 Å². The van der Waals surface area contributed by atoms with Crippen LogP contribution in [-0.4, -0.2) is 90.0 Å². The summed E-state index contributed by atoms with van der Waals surface area (Å²) >= 11 is 0. The van der Waals surface area contributed by atoms with Gasteiger partial charge < -0.3 is 40.4 Å². The highest BCUT2D eigenvalue weighted by Gasteiger charge is 2.41. The molecule has 3 amide bonds. The molecule has 226 valence electrons. The molecule has 2 fully saturated rings. The maximum absolute atomic E-state index is 13.5. The van der Waals surface area contributed by atoms with E-state index >= 15 is 0 Å². The number of aromatic nitrogens is 2. The standard InChI is InChI=1S/C29H32F2N8O4/c1-18-22(16-34-27-24(18)32-9-15-43-27)36-21-6-8-33-25(40)23(21)26(41)35-19-2-4-20(5-3-19)37-11-13-38(14-12-37)28(42)39-10-7-29(30,31)17-39/h2-6,8,16,32H,7,9-15,17H2,1H3,(H,35,41)(H2,33,36,40).